The standard InChI is InChI=1S/C58H37NO2/c1-2-15-47-40(11-1)12-10-19-48(47)43-13-9-14-44(35-43)49-16-3-6-20-54(49)59(45-29-23-38(24-30-45)41-28-34-57-53(36-41)51-18-5-8-22-56(51)60-57)46-31-25-39(26-32-46)42-27-33-52-50-17-4-7-21-55(50)61-58(52)37-42/h1-37H. The summed E-state index contributed by atoms with van der Waals surface area (Å²) in [6.07, 6.45) is 0. The summed E-state index contributed by atoms with van der Waals surface area (Å²) < 4.78 is 12.4. The largest absolute Gasteiger partial charge is 0.456 e. The summed E-state index contributed by atoms with van der Waals surface area (Å²) in [6, 6.07) is 80.2. The van der Waals surface area contributed by atoms with E-state index in [1.54, 1.807) is 0 Å². The number of para-hydroxylation sites is 3. The number of fused-ring (bicyclic) bond motifs is 7. The zero-order valence-electron chi connectivity index (χ0n) is 33.1. The summed E-state index contributed by atoms with van der Waals surface area (Å²) in [5, 5.41) is 7.00. The fourth-order valence-corrected chi connectivity index (χ4v) is 9.09. The molecule has 3 heteroatoms. The van der Waals surface area contributed by atoms with Crippen molar-refractivity contribution in [2.24, 2.45) is 0 Å². The van der Waals surface area contributed by atoms with Gasteiger partial charge < -0.3 is 13.7 Å². The van der Waals surface area contributed by atoms with E-state index in [2.05, 4.69) is 205 Å². The molecule has 0 bridgehead atoms. The molecule has 2 heterocycles. The summed E-state index contributed by atoms with van der Waals surface area (Å²) >= 11 is 0. The number of benzene rings is 10. The lowest BCUT2D eigenvalue weighted by Crippen LogP contribution is -2.11. The van der Waals surface area contributed by atoms with E-state index in [1.807, 2.05) is 24.3 Å². The first-order chi connectivity index (χ1) is 30.2. The van der Waals surface area contributed by atoms with E-state index in [1.165, 1.54) is 21.9 Å². The zero-order valence-corrected chi connectivity index (χ0v) is 33.1. The van der Waals surface area contributed by atoms with Crippen LogP contribution in [0.3, 0.4) is 0 Å². The Morgan fingerprint density at radius 2 is 0.754 bits per heavy atom. The van der Waals surface area contributed by atoms with E-state index in [-0.39, 0.29) is 0 Å². The Balaban J connectivity index is 0.966. The van der Waals surface area contributed by atoms with Gasteiger partial charge in [0, 0.05) is 38.5 Å². The molecule has 2 aromatic heterocycles. The summed E-state index contributed by atoms with van der Waals surface area (Å²) in [4.78, 5) is 2.38. The highest BCUT2D eigenvalue weighted by Crippen LogP contribution is 2.43. The number of anilines is 3. The fraction of sp³-hybridized carbons (Fsp3) is 0. The molecule has 61 heavy (non-hydrogen) atoms. The van der Waals surface area contributed by atoms with E-state index in [0.717, 1.165) is 94.3 Å². The van der Waals surface area contributed by atoms with Gasteiger partial charge >= 0.3 is 0 Å². The Hall–Kier alpha value is -8.14. The third-order valence-corrected chi connectivity index (χ3v) is 12.1. The highest BCUT2D eigenvalue weighted by Gasteiger charge is 2.19. The lowest BCUT2D eigenvalue weighted by molar-refractivity contribution is 0.668. The SMILES string of the molecule is c1cc(-c2ccccc2N(c2ccc(-c3ccc4c(c3)oc3ccccc34)cc2)c2ccc(-c3ccc4oc5ccccc5c4c3)cc2)cc(-c2cccc3ccccc23)c1. The van der Waals surface area contributed by atoms with E-state index in [0.29, 0.717) is 0 Å². The van der Waals surface area contributed by atoms with Gasteiger partial charge in [0.2, 0.25) is 0 Å². The highest BCUT2D eigenvalue weighted by molar-refractivity contribution is 6.07. The van der Waals surface area contributed by atoms with Gasteiger partial charge in [-0.25, -0.2) is 0 Å². The summed E-state index contributed by atoms with van der Waals surface area (Å²) in [6.45, 7) is 0. The summed E-state index contributed by atoms with van der Waals surface area (Å²) in [7, 11) is 0. The molecule has 12 rings (SSSR count). The normalized spacial score (nSPS) is 11.6. The molecule has 0 amide bonds. The molecular formula is C58H37NO2. The van der Waals surface area contributed by atoms with Gasteiger partial charge in [0.05, 0.1) is 5.69 Å². The lowest BCUT2D eigenvalue weighted by atomic mass is 9.94. The first kappa shape index (κ1) is 34.9. The summed E-state index contributed by atoms with van der Waals surface area (Å²) in [5.41, 5.74) is 16.1. The van der Waals surface area contributed by atoms with Crippen molar-refractivity contribution in [1.29, 1.82) is 0 Å². The van der Waals surface area contributed by atoms with Crippen LogP contribution in [0.5, 0.6) is 0 Å². The maximum Gasteiger partial charge on any atom is 0.136 e. The molecule has 0 spiro atoms. The van der Waals surface area contributed by atoms with Gasteiger partial charge in [-0.3, -0.25) is 0 Å². The minimum atomic E-state index is 0.893. The Morgan fingerprint density at radius 3 is 1.51 bits per heavy atom. The number of furan rings is 2. The van der Waals surface area contributed by atoms with Crippen LogP contribution in [0.15, 0.2) is 233 Å². The second-order valence-corrected chi connectivity index (χ2v) is 15.7. The molecule has 10 aromatic carbocycles. The maximum absolute atomic E-state index is 6.27. The zero-order chi connectivity index (χ0) is 40.3. The van der Waals surface area contributed by atoms with Crippen LogP contribution in [0.1, 0.15) is 0 Å². The molecule has 0 aliphatic rings. The van der Waals surface area contributed by atoms with E-state index in [4.69, 9.17) is 8.83 Å². The molecule has 12 aromatic rings. The van der Waals surface area contributed by atoms with Gasteiger partial charge in [-0.2, -0.15) is 0 Å². The van der Waals surface area contributed by atoms with Gasteiger partial charge in [0.25, 0.3) is 0 Å². The van der Waals surface area contributed by atoms with E-state index < -0.39 is 0 Å². The van der Waals surface area contributed by atoms with Crippen LogP contribution < -0.4 is 4.90 Å². The Morgan fingerprint density at radius 1 is 0.262 bits per heavy atom. The Bertz CT molecular complexity index is 3590. The van der Waals surface area contributed by atoms with Crippen LogP contribution >= 0.6 is 0 Å². The monoisotopic (exact) mass is 779 g/mol. The van der Waals surface area contributed by atoms with Crippen molar-refractivity contribution in [3.63, 3.8) is 0 Å². The van der Waals surface area contributed by atoms with Gasteiger partial charge in [-0.1, -0.05) is 152 Å². The van der Waals surface area contributed by atoms with Crippen LogP contribution in [0.2, 0.25) is 0 Å². The molecule has 0 N–H and O–H groups in total. The first-order valence-electron chi connectivity index (χ1n) is 20.7. The number of rotatable bonds is 7. The van der Waals surface area contributed by atoms with E-state index in [9.17, 15) is 0 Å². The predicted molar refractivity (Wildman–Crippen MR) is 255 cm³/mol. The van der Waals surface area contributed by atoms with Gasteiger partial charge in [0.1, 0.15) is 22.3 Å². The average Bonchev–Trinajstić information content (AvgIpc) is 3.90. The molecule has 0 fully saturated rings. The minimum Gasteiger partial charge on any atom is -0.456 e. The van der Waals surface area contributed by atoms with Crippen molar-refractivity contribution in [3.8, 4) is 44.5 Å². The van der Waals surface area contributed by atoms with Gasteiger partial charge in [-0.15, -0.1) is 0 Å². The Kier molecular flexibility index (Phi) is 8.17. The quantitative estimate of drug-likeness (QED) is 0.161. The van der Waals surface area contributed by atoms with Crippen molar-refractivity contribution < 1.29 is 8.83 Å². The fourth-order valence-electron chi connectivity index (χ4n) is 9.09. The molecule has 0 unspecified atom stereocenters. The van der Waals surface area contributed by atoms with Crippen LogP contribution in [0.4, 0.5) is 17.1 Å². The smallest absolute Gasteiger partial charge is 0.136 e. The number of hydrogen-bond donors (Lipinski definition) is 0. The molecule has 0 radical (unpaired) electrons. The molecule has 3 nitrogen and oxygen atoms in total. The van der Waals surface area contributed by atoms with Gasteiger partial charge in [0.15, 0.2) is 0 Å². The van der Waals surface area contributed by atoms with Crippen molar-refractivity contribution in [2.75, 3.05) is 4.90 Å². The second kappa shape index (κ2) is 14.3. The third kappa shape index (κ3) is 6.06. The molecule has 0 saturated carbocycles. The number of nitrogens with zero attached hydrogens (tertiary/aromatic N) is 1. The van der Waals surface area contributed by atoms with Crippen LogP contribution in [-0.2, 0) is 0 Å². The van der Waals surface area contributed by atoms with Crippen molar-refractivity contribution in [2.45, 2.75) is 0 Å². The second-order valence-electron chi connectivity index (χ2n) is 15.7. The first-order valence-corrected chi connectivity index (χ1v) is 20.7. The molecule has 0 atom stereocenters. The van der Waals surface area contributed by atoms with Crippen LogP contribution in [0, 0.1) is 0 Å². The van der Waals surface area contributed by atoms with Crippen molar-refractivity contribution >= 4 is 71.7 Å². The van der Waals surface area contributed by atoms with Crippen LogP contribution in [-0.4, -0.2) is 0 Å². The van der Waals surface area contributed by atoms with Gasteiger partial charge in [-0.05, 0) is 123 Å². The van der Waals surface area contributed by atoms with Crippen LogP contribution in [0.25, 0.3) is 99.2 Å². The van der Waals surface area contributed by atoms with Crippen molar-refractivity contribution in [1.82, 2.24) is 0 Å². The highest BCUT2D eigenvalue weighted by atomic mass is 16.3. The Labute approximate surface area is 353 Å². The predicted octanol–water partition coefficient (Wildman–Crippen LogP) is 16.8. The molecule has 0 aliphatic carbocycles. The molecule has 0 aliphatic heterocycles. The van der Waals surface area contributed by atoms with E-state index >= 15 is 0 Å². The molecule has 286 valence electrons. The number of hydrogen-bond acceptors (Lipinski definition) is 3. The third-order valence-electron chi connectivity index (χ3n) is 12.1. The average molecular weight is 780 g/mol. The molecular weight excluding hydrogens is 743 g/mol. The molecule has 0 saturated heterocycles. The lowest BCUT2D eigenvalue weighted by Gasteiger charge is -2.28. The minimum absolute atomic E-state index is 0.893. The van der Waals surface area contributed by atoms with Crippen molar-refractivity contribution in [3.05, 3.63) is 224 Å². The summed E-state index contributed by atoms with van der Waals surface area (Å²) in [5.74, 6) is 0. The maximum atomic E-state index is 6.27. The topological polar surface area (TPSA) is 29.5 Å².